The molecule has 1 fully saturated rings. The van der Waals surface area contributed by atoms with Crippen LogP contribution < -0.4 is 15.5 Å². The van der Waals surface area contributed by atoms with Crippen LogP contribution in [-0.4, -0.2) is 37.4 Å². The minimum absolute atomic E-state index is 0.0413. The van der Waals surface area contributed by atoms with Gasteiger partial charge in [0.1, 0.15) is 0 Å². The summed E-state index contributed by atoms with van der Waals surface area (Å²) in [6, 6.07) is 7.46. The minimum atomic E-state index is -0.370. The third-order valence-electron chi connectivity index (χ3n) is 3.89. The largest absolute Gasteiger partial charge is 0.354 e. The molecule has 0 bridgehead atoms. The number of halogens is 1. The zero-order chi connectivity index (χ0) is 17.7. The fourth-order valence-electron chi connectivity index (χ4n) is 2.51. The highest BCUT2D eigenvalue weighted by molar-refractivity contribution is 9.10. The molecule has 2 N–H and O–H groups in total. The van der Waals surface area contributed by atoms with Crippen molar-refractivity contribution in [2.75, 3.05) is 24.5 Å². The quantitative estimate of drug-likeness (QED) is 0.719. The second-order valence-electron chi connectivity index (χ2n) is 6.09. The predicted octanol–water partition coefficient (Wildman–Crippen LogP) is 1.69. The van der Waals surface area contributed by atoms with Crippen LogP contribution in [0.1, 0.15) is 20.3 Å². The molecular formula is C17H22BrN3O3. The van der Waals surface area contributed by atoms with Crippen molar-refractivity contribution in [1.29, 1.82) is 0 Å². The van der Waals surface area contributed by atoms with E-state index in [1.54, 1.807) is 4.90 Å². The predicted molar refractivity (Wildman–Crippen MR) is 95.5 cm³/mol. The Kier molecular flexibility index (Phi) is 6.36. The highest BCUT2D eigenvalue weighted by Crippen LogP contribution is 2.31. The molecule has 1 aliphatic heterocycles. The molecule has 1 aliphatic rings. The van der Waals surface area contributed by atoms with E-state index in [4.69, 9.17) is 0 Å². The smallest absolute Gasteiger partial charge is 0.227 e. The summed E-state index contributed by atoms with van der Waals surface area (Å²) < 4.78 is 0.829. The lowest BCUT2D eigenvalue weighted by atomic mass is 10.1. The molecule has 1 aromatic rings. The van der Waals surface area contributed by atoms with Gasteiger partial charge in [0.2, 0.25) is 17.7 Å². The second kappa shape index (κ2) is 8.28. The van der Waals surface area contributed by atoms with Gasteiger partial charge in [-0.25, -0.2) is 0 Å². The fourth-order valence-corrected chi connectivity index (χ4v) is 3.01. The summed E-state index contributed by atoms with van der Waals surface area (Å²) in [7, 11) is 0. The van der Waals surface area contributed by atoms with Crippen LogP contribution in [0.2, 0.25) is 0 Å². The Bertz CT molecular complexity index is 633. The monoisotopic (exact) mass is 395 g/mol. The average molecular weight is 396 g/mol. The first kappa shape index (κ1) is 18.4. The van der Waals surface area contributed by atoms with Gasteiger partial charge in [0, 0.05) is 36.4 Å². The average Bonchev–Trinajstić information content (AvgIpc) is 2.93. The lowest BCUT2D eigenvalue weighted by Gasteiger charge is -2.18. The Hall–Kier alpha value is -1.89. The van der Waals surface area contributed by atoms with Crippen LogP contribution in [0.5, 0.6) is 0 Å². The third-order valence-corrected chi connectivity index (χ3v) is 4.56. The van der Waals surface area contributed by atoms with E-state index in [2.05, 4.69) is 26.6 Å². The summed E-state index contributed by atoms with van der Waals surface area (Å²) in [4.78, 5) is 37.5. The van der Waals surface area contributed by atoms with Crippen LogP contribution in [0, 0.1) is 11.8 Å². The van der Waals surface area contributed by atoms with Crippen LogP contribution in [0.25, 0.3) is 0 Å². The van der Waals surface area contributed by atoms with E-state index in [1.165, 1.54) is 0 Å². The Morgan fingerprint density at radius 3 is 2.58 bits per heavy atom. The maximum absolute atomic E-state index is 12.2. The van der Waals surface area contributed by atoms with Crippen LogP contribution in [0.3, 0.4) is 0 Å². The highest BCUT2D eigenvalue weighted by Gasteiger charge is 2.35. The molecule has 1 aromatic carbocycles. The van der Waals surface area contributed by atoms with Gasteiger partial charge >= 0.3 is 0 Å². The number of amides is 3. The first-order valence-electron chi connectivity index (χ1n) is 8.00. The number of hydrogen-bond acceptors (Lipinski definition) is 3. The van der Waals surface area contributed by atoms with Crippen LogP contribution in [-0.2, 0) is 14.4 Å². The molecule has 0 spiro atoms. The maximum atomic E-state index is 12.2. The van der Waals surface area contributed by atoms with E-state index in [-0.39, 0.29) is 36.0 Å². The Balaban J connectivity index is 1.84. The number of para-hydroxylation sites is 1. The van der Waals surface area contributed by atoms with Gasteiger partial charge in [-0.3, -0.25) is 14.4 Å². The summed E-state index contributed by atoms with van der Waals surface area (Å²) in [6.45, 7) is 4.74. The van der Waals surface area contributed by atoms with Gasteiger partial charge in [-0.05, 0) is 28.1 Å². The maximum Gasteiger partial charge on any atom is 0.227 e. The molecule has 3 amide bonds. The number of carbonyl (C=O) groups excluding carboxylic acids is 3. The number of nitrogens with one attached hydrogen (secondary N) is 2. The Morgan fingerprint density at radius 1 is 1.25 bits per heavy atom. The minimum Gasteiger partial charge on any atom is -0.354 e. The summed E-state index contributed by atoms with van der Waals surface area (Å²) in [5.74, 6) is -0.705. The second-order valence-corrected chi connectivity index (χ2v) is 6.95. The molecule has 24 heavy (non-hydrogen) atoms. The molecule has 0 aliphatic carbocycles. The first-order chi connectivity index (χ1) is 11.4. The van der Waals surface area contributed by atoms with Crippen molar-refractivity contribution in [3.63, 3.8) is 0 Å². The van der Waals surface area contributed by atoms with Gasteiger partial charge in [-0.2, -0.15) is 0 Å². The molecule has 0 unspecified atom stereocenters. The number of anilines is 1. The lowest BCUT2D eigenvalue weighted by molar-refractivity contribution is -0.126. The molecule has 0 aromatic heterocycles. The van der Waals surface area contributed by atoms with Crippen LogP contribution in [0.4, 0.5) is 5.69 Å². The van der Waals surface area contributed by atoms with Gasteiger partial charge < -0.3 is 15.5 Å². The molecule has 0 saturated carbocycles. The summed E-state index contributed by atoms with van der Waals surface area (Å²) in [5.41, 5.74) is 0.780. The van der Waals surface area contributed by atoms with E-state index in [9.17, 15) is 14.4 Å². The van der Waals surface area contributed by atoms with Gasteiger partial charge in [0.15, 0.2) is 0 Å². The molecule has 7 heteroatoms. The normalized spacial score (nSPS) is 17.2. The van der Waals surface area contributed by atoms with Gasteiger partial charge in [-0.1, -0.05) is 26.0 Å². The number of hydrogen-bond donors (Lipinski definition) is 2. The van der Waals surface area contributed by atoms with Crippen molar-refractivity contribution in [2.24, 2.45) is 11.8 Å². The van der Waals surface area contributed by atoms with E-state index in [1.807, 2.05) is 38.1 Å². The van der Waals surface area contributed by atoms with Crippen molar-refractivity contribution in [3.8, 4) is 0 Å². The van der Waals surface area contributed by atoms with Crippen LogP contribution >= 0.6 is 15.9 Å². The van der Waals surface area contributed by atoms with Crippen molar-refractivity contribution in [3.05, 3.63) is 28.7 Å². The highest BCUT2D eigenvalue weighted by atomic mass is 79.9. The zero-order valence-electron chi connectivity index (χ0n) is 13.8. The van der Waals surface area contributed by atoms with Gasteiger partial charge in [0.05, 0.1) is 11.6 Å². The van der Waals surface area contributed by atoms with E-state index in [0.717, 1.165) is 10.2 Å². The molecule has 2 rings (SSSR count). The Labute approximate surface area is 150 Å². The third kappa shape index (κ3) is 4.56. The first-order valence-corrected chi connectivity index (χ1v) is 8.79. The molecule has 1 atom stereocenters. The molecule has 130 valence electrons. The van der Waals surface area contributed by atoms with Crippen molar-refractivity contribution < 1.29 is 14.4 Å². The van der Waals surface area contributed by atoms with Gasteiger partial charge in [0.25, 0.3) is 0 Å². The lowest BCUT2D eigenvalue weighted by Crippen LogP contribution is -2.39. The molecular weight excluding hydrogens is 374 g/mol. The fraction of sp³-hybridized carbons (Fsp3) is 0.471. The van der Waals surface area contributed by atoms with Crippen molar-refractivity contribution in [1.82, 2.24) is 10.6 Å². The summed E-state index contributed by atoms with van der Waals surface area (Å²) >= 11 is 3.43. The zero-order valence-corrected chi connectivity index (χ0v) is 15.4. The number of benzene rings is 1. The topological polar surface area (TPSA) is 78.5 Å². The number of carbonyl (C=O) groups is 3. The van der Waals surface area contributed by atoms with Crippen LogP contribution in [0.15, 0.2) is 28.7 Å². The standard InChI is InChI=1S/C17H22BrN3O3/c1-11(2)16(23)19-7-8-20-17(24)12-9-15(22)21(10-12)14-6-4-3-5-13(14)18/h3-6,11-12H,7-10H2,1-2H3,(H,19,23)(H,20,24)/t12-/m1/s1. The molecule has 6 nitrogen and oxygen atoms in total. The number of rotatable bonds is 6. The van der Waals surface area contributed by atoms with Crippen molar-refractivity contribution in [2.45, 2.75) is 20.3 Å². The molecule has 1 heterocycles. The molecule has 1 saturated heterocycles. The van der Waals surface area contributed by atoms with E-state index >= 15 is 0 Å². The van der Waals surface area contributed by atoms with Crippen molar-refractivity contribution >= 4 is 39.3 Å². The summed E-state index contributed by atoms with van der Waals surface area (Å²) in [5, 5.41) is 5.52. The van der Waals surface area contributed by atoms with E-state index < -0.39 is 0 Å². The Morgan fingerprint density at radius 2 is 1.92 bits per heavy atom. The SMILES string of the molecule is CC(C)C(=O)NCCNC(=O)[C@@H]1CC(=O)N(c2ccccc2Br)C1. The van der Waals surface area contributed by atoms with E-state index in [0.29, 0.717) is 19.6 Å². The number of nitrogens with zero attached hydrogens (tertiary/aromatic N) is 1. The van der Waals surface area contributed by atoms with Gasteiger partial charge in [-0.15, -0.1) is 0 Å². The summed E-state index contributed by atoms with van der Waals surface area (Å²) in [6.07, 6.45) is 0.200. The molecule has 0 radical (unpaired) electrons.